The minimum absolute atomic E-state index is 0.0391. The van der Waals surface area contributed by atoms with E-state index in [0.29, 0.717) is 30.8 Å². The first kappa shape index (κ1) is 34.1. The summed E-state index contributed by atoms with van der Waals surface area (Å²) in [5.41, 5.74) is -6.52. The molecular formula is C28H33F7N4O4. The van der Waals surface area contributed by atoms with Crippen LogP contribution in [0.2, 0.25) is 0 Å². The van der Waals surface area contributed by atoms with Crippen LogP contribution in [0.4, 0.5) is 41.2 Å². The number of alkyl halides is 6. The molecule has 0 radical (unpaired) electrons. The topological polar surface area (TPSA) is 105 Å². The minimum atomic E-state index is -5.97. The zero-order valence-electron chi connectivity index (χ0n) is 23.6. The van der Waals surface area contributed by atoms with E-state index in [2.05, 4.69) is 10.6 Å². The Morgan fingerprint density at radius 2 is 1.47 bits per heavy atom. The summed E-state index contributed by atoms with van der Waals surface area (Å²) >= 11 is 0. The first-order chi connectivity index (χ1) is 19.8. The minimum Gasteiger partial charge on any atom is -0.394 e. The monoisotopic (exact) mass is 622 g/mol. The number of piperazine rings is 1. The molecule has 0 spiro atoms. The molecular weight excluding hydrogens is 589 g/mol. The van der Waals surface area contributed by atoms with Gasteiger partial charge in [-0.1, -0.05) is 45.0 Å². The highest BCUT2D eigenvalue weighted by molar-refractivity contribution is 5.95. The summed E-state index contributed by atoms with van der Waals surface area (Å²) < 4.78 is 93.4. The lowest BCUT2D eigenvalue weighted by Gasteiger charge is -2.35. The number of benzene rings is 2. The third-order valence-corrected chi connectivity index (χ3v) is 7.26. The SMILES string of the molecule is CC(C)(C)C(CO)NC(=O)Nc1ccc(C(=O)N2CCN(Cc3ccc(C(O)(C(F)(F)F)C(F)(F)F)cc3)CC2)cc1F. The molecule has 0 aliphatic carbocycles. The van der Waals surface area contributed by atoms with E-state index in [1.807, 2.05) is 25.7 Å². The number of carbonyl (C=O) groups is 2. The quantitative estimate of drug-likeness (QED) is 0.338. The largest absolute Gasteiger partial charge is 0.430 e. The Kier molecular flexibility index (Phi) is 10.0. The van der Waals surface area contributed by atoms with E-state index >= 15 is 0 Å². The number of aliphatic hydroxyl groups excluding tert-OH is 1. The van der Waals surface area contributed by atoms with E-state index in [9.17, 15) is 50.5 Å². The molecule has 4 N–H and O–H groups in total. The lowest BCUT2D eigenvalue weighted by Crippen LogP contribution is -2.53. The maximum atomic E-state index is 14.7. The molecule has 0 saturated carbocycles. The Balaban J connectivity index is 1.57. The van der Waals surface area contributed by atoms with Crippen molar-refractivity contribution in [3.8, 4) is 0 Å². The molecule has 2 aromatic carbocycles. The summed E-state index contributed by atoms with van der Waals surface area (Å²) in [6.45, 7) is 6.38. The molecule has 3 rings (SSSR count). The normalized spacial score (nSPS) is 16.1. The molecule has 15 heteroatoms. The van der Waals surface area contributed by atoms with E-state index in [-0.39, 0.29) is 37.5 Å². The van der Waals surface area contributed by atoms with Crippen molar-refractivity contribution in [3.05, 3.63) is 65.0 Å². The van der Waals surface area contributed by atoms with Gasteiger partial charge in [0.05, 0.1) is 18.3 Å². The van der Waals surface area contributed by atoms with Crippen molar-refractivity contribution in [2.45, 2.75) is 51.3 Å². The first-order valence-electron chi connectivity index (χ1n) is 13.2. The second-order valence-electron chi connectivity index (χ2n) is 11.4. The highest BCUT2D eigenvalue weighted by atomic mass is 19.4. The fourth-order valence-electron chi connectivity index (χ4n) is 4.49. The Labute approximate surface area is 243 Å². The van der Waals surface area contributed by atoms with Crippen LogP contribution < -0.4 is 10.6 Å². The molecule has 3 amide bonds. The number of aliphatic hydroxyl groups is 2. The van der Waals surface area contributed by atoms with Gasteiger partial charge in [0.1, 0.15) is 5.82 Å². The second-order valence-corrected chi connectivity index (χ2v) is 11.4. The van der Waals surface area contributed by atoms with Gasteiger partial charge in [-0.05, 0) is 29.2 Å². The average molecular weight is 623 g/mol. The first-order valence-corrected chi connectivity index (χ1v) is 13.2. The molecule has 1 fully saturated rings. The lowest BCUT2D eigenvalue weighted by molar-refractivity contribution is -0.376. The van der Waals surface area contributed by atoms with Gasteiger partial charge in [0.15, 0.2) is 0 Å². The zero-order valence-corrected chi connectivity index (χ0v) is 23.6. The number of nitrogens with one attached hydrogen (secondary N) is 2. The van der Waals surface area contributed by atoms with E-state index < -0.39 is 52.7 Å². The van der Waals surface area contributed by atoms with Gasteiger partial charge in [-0.3, -0.25) is 9.69 Å². The van der Waals surface area contributed by atoms with Crippen molar-refractivity contribution in [2.24, 2.45) is 5.41 Å². The van der Waals surface area contributed by atoms with E-state index in [4.69, 9.17) is 0 Å². The summed E-state index contributed by atoms with van der Waals surface area (Å²) in [5, 5.41) is 23.9. The van der Waals surface area contributed by atoms with Gasteiger partial charge in [0, 0.05) is 43.9 Å². The molecule has 1 saturated heterocycles. The zero-order chi connectivity index (χ0) is 32.4. The second kappa shape index (κ2) is 12.7. The van der Waals surface area contributed by atoms with Crippen molar-refractivity contribution in [1.82, 2.24) is 15.1 Å². The summed E-state index contributed by atoms with van der Waals surface area (Å²) in [5.74, 6) is -1.31. The van der Waals surface area contributed by atoms with Crippen LogP contribution in [0.15, 0.2) is 42.5 Å². The molecule has 1 atom stereocenters. The van der Waals surface area contributed by atoms with Gasteiger partial charge < -0.3 is 25.7 Å². The highest BCUT2D eigenvalue weighted by Gasteiger charge is 2.71. The predicted octanol–water partition coefficient (Wildman–Crippen LogP) is 4.62. The summed E-state index contributed by atoms with van der Waals surface area (Å²) in [4.78, 5) is 28.5. The highest BCUT2D eigenvalue weighted by Crippen LogP contribution is 2.50. The molecule has 1 unspecified atom stereocenters. The van der Waals surface area contributed by atoms with Crippen LogP contribution in [0, 0.1) is 11.2 Å². The molecule has 2 aromatic rings. The summed E-state index contributed by atoms with van der Waals surface area (Å²) in [7, 11) is 0. The van der Waals surface area contributed by atoms with Gasteiger partial charge in [-0.25, -0.2) is 9.18 Å². The number of carbonyl (C=O) groups excluding carboxylic acids is 2. The molecule has 1 aliphatic heterocycles. The number of amides is 3. The molecule has 43 heavy (non-hydrogen) atoms. The van der Waals surface area contributed by atoms with Crippen LogP contribution in [0.3, 0.4) is 0 Å². The number of halogens is 7. The van der Waals surface area contributed by atoms with Gasteiger partial charge in [-0.15, -0.1) is 0 Å². The smallest absolute Gasteiger partial charge is 0.394 e. The average Bonchev–Trinajstić information content (AvgIpc) is 2.91. The maximum Gasteiger partial charge on any atom is 0.430 e. The Morgan fingerprint density at radius 1 is 0.907 bits per heavy atom. The van der Waals surface area contributed by atoms with Crippen LogP contribution >= 0.6 is 0 Å². The van der Waals surface area contributed by atoms with Crippen LogP contribution in [0.1, 0.15) is 42.3 Å². The van der Waals surface area contributed by atoms with Crippen LogP contribution in [-0.4, -0.2) is 83.1 Å². The Morgan fingerprint density at radius 3 is 1.93 bits per heavy atom. The number of rotatable bonds is 7. The fourth-order valence-corrected chi connectivity index (χ4v) is 4.49. The summed E-state index contributed by atoms with van der Waals surface area (Å²) in [6.07, 6.45) is -11.9. The molecule has 1 heterocycles. The third kappa shape index (κ3) is 7.75. The lowest BCUT2D eigenvalue weighted by atomic mass is 9.87. The van der Waals surface area contributed by atoms with Gasteiger partial charge in [0.2, 0.25) is 0 Å². The molecule has 238 valence electrons. The Bertz CT molecular complexity index is 1270. The predicted molar refractivity (Wildman–Crippen MR) is 143 cm³/mol. The van der Waals surface area contributed by atoms with Gasteiger partial charge in [0.25, 0.3) is 11.5 Å². The van der Waals surface area contributed by atoms with E-state index in [0.717, 1.165) is 18.2 Å². The van der Waals surface area contributed by atoms with Crippen LogP contribution in [0.5, 0.6) is 0 Å². The summed E-state index contributed by atoms with van der Waals surface area (Å²) in [6, 6.07) is 5.58. The molecule has 0 bridgehead atoms. The van der Waals surface area contributed by atoms with Gasteiger partial charge in [-0.2, -0.15) is 26.3 Å². The van der Waals surface area contributed by atoms with Crippen molar-refractivity contribution < 1.29 is 50.5 Å². The number of hydrogen-bond donors (Lipinski definition) is 4. The molecule has 0 aromatic heterocycles. The Hall–Kier alpha value is -3.43. The van der Waals surface area contributed by atoms with Crippen molar-refractivity contribution in [2.75, 3.05) is 38.1 Å². The fraction of sp³-hybridized carbons (Fsp3) is 0.500. The maximum absolute atomic E-state index is 14.7. The van der Waals surface area contributed by atoms with E-state index in [1.165, 1.54) is 17.0 Å². The number of hydrogen-bond acceptors (Lipinski definition) is 5. The van der Waals surface area contributed by atoms with E-state index in [1.54, 1.807) is 0 Å². The number of nitrogens with zero attached hydrogens (tertiary/aromatic N) is 2. The molecule has 8 nitrogen and oxygen atoms in total. The van der Waals surface area contributed by atoms with Crippen LogP contribution in [0.25, 0.3) is 0 Å². The van der Waals surface area contributed by atoms with Crippen molar-refractivity contribution in [3.63, 3.8) is 0 Å². The number of anilines is 1. The number of urea groups is 1. The van der Waals surface area contributed by atoms with Crippen LogP contribution in [-0.2, 0) is 12.1 Å². The van der Waals surface area contributed by atoms with Gasteiger partial charge >= 0.3 is 18.4 Å². The molecule has 1 aliphatic rings. The van der Waals surface area contributed by atoms with Crippen molar-refractivity contribution >= 4 is 17.6 Å². The van der Waals surface area contributed by atoms with Crippen molar-refractivity contribution in [1.29, 1.82) is 0 Å². The standard InChI is InChI=1S/C28H33F7N4O4/c1-25(2,3)22(16-40)37-24(42)36-21-9-6-18(14-20(21)29)23(41)39-12-10-38(11-13-39)15-17-4-7-19(8-5-17)26(43,27(30,31)32)28(33,34)35/h4-9,14,22,40,43H,10-13,15-16H2,1-3H3,(H2,36,37,42). The third-order valence-electron chi connectivity index (χ3n) is 7.26.